The molecule has 0 amide bonds. The van der Waals surface area contributed by atoms with Gasteiger partial charge in [0.2, 0.25) is 0 Å². The average Bonchev–Trinajstić information content (AvgIpc) is 2.69. The summed E-state index contributed by atoms with van der Waals surface area (Å²) in [5, 5.41) is 0. The first kappa shape index (κ1) is 18.4. The van der Waals surface area contributed by atoms with Crippen LogP contribution in [-0.4, -0.2) is 21.3 Å². The van der Waals surface area contributed by atoms with Gasteiger partial charge in [0.05, 0.1) is 21.3 Å². The normalized spacial score (nSPS) is 19.2. The van der Waals surface area contributed by atoms with Crippen molar-refractivity contribution in [2.45, 2.75) is 50.9 Å². The lowest BCUT2D eigenvalue weighted by Crippen LogP contribution is -2.03. The molecule has 0 aliphatic heterocycles. The Balaban J connectivity index is 0.000000292. The number of ether oxygens (including phenoxy) is 3. The number of rotatable bonds is 4. The highest BCUT2D eigenvalue weighted by Crippen LogP contribution is 2.41. The summed E-state index contributed by atoms with van der Waals surface area (Å²) in [6.45, 7) is 0. The molecule has 3 rings (SSSR count). The van der Waals surface area contributed by atoms with Crippen molar-refractivity contribution in [3.8, 4) is 17.2 Å². The lowest BCUT2D eigenvalue weighted by atomic mass is 9.88. The van der Waals surface area contributed by atoms with Gasteiger partial charge in [0.1, 0.15) is 5.75 Å². The Morgan fingerprint density at radius 1 is 0.708 bits per heavy atom. The van der Waals surface area contributed by atoms with Crippen LogP contribution in [0.3, 0.4) is 0 Å². The smallest absolute Gasteiger partial charge is 0.164 e. The van der Waals surface area contributed by atoms with Gasteiger partial charge in [-0.25, -0.2) is 0 Å². The van der Waals surface area contributed by atoms with E-state index in [9.17, 15) is 0 Å². The first-order chi connectivity index (χ1) is 11.8. The first-order valence-corrected chi connectivity index (χ1v) is 8.91. The molecular formula is C21H30O3. The van der Waals surface area contributed by atoms with Gasteiger partial charge in [-0.3, -0.25) is 0 Å². The van der Waals surface area contributed by atoms with E-state index in [0.29, 0.717) is 11.7 Å². The predicted octanol–water partition coefficient (Wildman–Crippen LogP) is 5.65. The quantitative estimate of drug-likeness (QED) is 0.667. The fourth-order valence-corrected chi connectivity index (χ4v) is 3.17. The van der Waals surface area contributed by atoms with Gasteiger partial charge < -0.3 is 14.2 Å². The molecule has 1 atom stereocenters. The molecule has 0 saturated carbocycles. The Hall–Kier alpha value is -1.90. The fourth-order valence-electron chi connectivity index (χ4n) is 3.17. The highest BCUT2D eigenvalue weighted by atomic mass is 16.5. The molecule has 3 heteroatoms. The predicted molar refractivity (Wildman–Crippen MR) is 99.4 cm³/mol. The summed E-state index contributed by atoms with van der Waals surface area (Å²) in [4.78, 5) is 0. The lowest BCUT2D eigenvalue weighted by Gasteiger charge is -2.21. The maximum atomic E-state index is 5.47. The Morgan fingerprint density at radius 2 is 1.29 bits per heavy atom. The molecule has 2 aliphatic carbocycles. The monoisotopic (exact) mass is 330 g/mol. The molecular weight excluding hydrogens is 300 g/mol. The van der Waals surface area contributed by atoms with E-state index in [4.69, 9.17) is 14.2 Å². The van der Waals surface area contributed by atoms with E-state index in [0.717, 1.165) is 17.9 Å². The molecule has 0 saturated heterocycles. The second-order valence-corrected chi connectivity index (χ2v) is 6.17. The Bertz CT molecular complexity index is 552. The van der Waals surface area contributed by atoms with Gasteiger partial charge in [-0.2, -0.15) is 0 Å². The molecule has 1 aromatic rings. The van der Waals surface area contributed by atoms with Crippen LogP contribution in [0.15, 0.2) is 36.4 Å². The van der Waals surface area contributed by atoms with Crippen molar-refractivity contribution < 1.29 is 14.2 Å². The number of methoxy groups -OCH3 is 3. The van der Waals surface area contributed by atoms with E-state index >= 15 is 0 Å². The summed E-state index contributed by atoms with van der Waals surface area (Å²) < 4.78 is 16.1. The molecule has 0 radical (unpaired) electrons. The van der Waals surface area contributed by atoms with E-state index < -0.39 is 0 Å². The van der Waals surface area contributed by atoms with Crippen LogP contribution in [0.1, 0.15) is 56.4 Å². The summed E-state index contributed by atoms with van der Waals surface area (Å²) in [7, 11) is 4.99. The average molecular weight is 330 g/mol. The first-order valence-electron chi connectivity index (χ1n) is 8.91. The van der Waals surface area contributed by atoms with Gasteiger partial charge in [0.15, 0.2) is 11.5 Å². The van der Waals surface area contributed by atoms with Crippen LogP contribution in [0, 0.1) is 0 Å². The summed E-state index contributed by atoms with van der Waals surface area (Å²) in [6.07, 6.45) is 18.0. The molecule has 0 bridgehead atoms. The third-order valence-electron chi connectivity index (χ3n) is 4.55. The number of benzene rings is 1. The Morgan fingerprint density at radius 3 is 1.75 bits per heavy atom. The van der Waals surface area contributed by atoms with Crippen molar-refractivity contribution in [3.63, 3.8) is 0 Å². The largest absolute Gasteiger partial charge is 0.496 e. The van der Waals surface area contributed by atoms with Crippen LogP contribution in [0.25, 0.3) is 0 Å². The summed E-state index contributed by atoms with van der Waals surface area (Å²) >= 11 is 0. The topological polar surface area (TPSA) is 27.7 Å². The van der Waals surface area contributed by atoms with Crippen molar-refractivity contribution in [1.29, 1.82) is 0 Å². The summed E-state index contributed by atoms with van der Waals surface area (Å²) in [5.74, 6) is 2.74. The van der Waals surface area contributed by atoms with Gasteiger partial charge in [-0.15, -0.1) is 0 Å². The van der Waals surface area contributed by atoms with E-state index in [1.54, 1.807) is 21.3 Å². The lowest BCUT2D eigenvalue weighted by molar-refractivity contribution is 0.346. The standard InChI is InChI=1S/C15H20O3.C6H10/c1-16-13-10-15(18-3)14(17-2)9-12(13)11-7-5-4-6-8-11;1-2-4-6-5-3-1/h5,7,9-11H,4,6,8H2,1-3H3;1-2H,3-6H2. The van der Waals surface area contributed by atoms with Crippen LogP contribution < -0.4 is 14.2 Å². The molecule has 0 aromatic heterocycles. The third kappa shape index (κ3) is 5.05. The van der Waals surface area contributed by atoms with Gasteiger partial charge >= 0.3 is 0 Å². The van der Waals surface area contributed by atoms with Crippen molar-refractivity contribution >= 4 is 0 Å². The molecule has 0 spiro atoms. The van der Waals surface area contributed by atoms with Crippen LogP contribution in [0.4, 0.5) is 0 Å². The second kappa shape index (κ2) is 10.1. The third-order valence-corrected chi connectivity index (χ3v) is 4.55. The summed E-state index contributed by atoms with van der Waals surface area (Å²) in [6, 6.07) is 3.93. The molecule has 1 unspecified atom stereocenters. The maximum absolute atomic E-state index is 5.47. The Labute approximate surface area is 146 Å². The minimum Gasteiger partial charge on any atom is -0.496 e. The van der Waals surface area contributed by atoms with Gasteiger partial charge in [0, 0.05) is 17.5 Å². The van der Waals surface area contributed by atoms with Gasteiger partial charge in [-0.05, 0) is 51.0 Å². The van der Waals surface area contributed by atoms with E-state index in [-0.39, 0.29) is 0 Å². The second-order valence-electron chi connectivity index (χ2n) is 6.17. The molecule has 0 N–H and O–H groups in total. The van der Waals surface area contributed by atoms with Gasteiger partial charge in [-0.1, -0.05) is 24.3 Å². The zero-order valence-electron chi connectivity index (χ0n) is 15.2. The minimum atomic E-state index is 0.411. The number of hydrogen-bond donors (Lipinski definition) is 0. The molecule has 24 heavy (non-hydrogen) atoms. The van der Waals surface area contributed by atoms with Crippen molar-refractivity contribution in [2.75, 3.05) is 21.3 Å². The van der Waals surface area contributed by atoms with Crippen LogP contribution in [0.2, 0.25) is 0 Å². The fraction of sp³-hybridized carbons (Fsp3) is 0.524. The van der Waals surface area contributed by atoms with Crippen LogP contribution in [0.5, 0.6) is 17.2 Å². The summed E-state index contributed by atoms with van der Waals surface area (Å²) in [5.41, 5.74) is 1.17. The molecule has 1 aromatic carbocycles. The zero-order valence-corrected chi connectivity index (χ0v) is 15.2. The zero-order chi connectivity index (χ0) is 17.2. The van der Waals surface area contributed by atoms with Crippen molar-refractivity contribution in [3.05, 3.63) is 42.0 Å². The molecule has 3 nitrogen and oxygen atoms in total. The van der Waals surface area contributed by atoms with E-state index in [1.807, 2.05) is 12.1 Å². The highest BCUT2D eigenvalue weighted by molar-refractivity contribution is 5.52. The molecule has 2 aliphatic rings. The van der Waals surface area contributed by atoms with Gasteiger partial charge in [0.25, 0.3) is 0 Å². The van der Waals surface area contributed by atoms with E-state index in [1.165, 1.54) is 44.1 Å². The Kier molecular flexibility index (Phi) is 7.73. The highest BCUT2D eigenvalue weighted by Gasteiger charge is 2.19. The van der Waals surface area contributed by atoms with Crippen LogP contribution >= 0.6 is 0 Å². The van der Waals surface area contributed by atoms with Crippen molar-refractivity contribution in [1.82, 2.24) is 0 Å². The molecule has 132 valence electrons. The number of allylic oxidation sites excluding steroid dienone is 4. The molecule has 0 fully saturated rings. The van der Waals surface area contributed by atoms with Crippen LogP contribution in [-0.2, 0) is 0 Å². The number of hydrogen-bond acceptors (Lipinski definition) is 3. The SMILES string of the molecule is C1=CCCCC1.COc1cc(OC)c(C2C=CCCC2)cc1OC. The van der Waals surface area contributed by atoms with Crippen molar-refractivity contribution in [2.24, 2.45) is 0 Å². The molecule has 0 heterocycles. The maximum Gasteiger partial charge on any atom is 0.164 e. The van der Waals surface area contributed by atoms with E-state index in [2.05, 4.69) is 24.3 Å². The minimum absolute atomic E-state index is 0.411.